The molecule has 1 unspecified atom stereocenters. The minimum Gasteiger partial charge on any atom is -0.461 e. The molecule has 0 saturated carbocycles. The molecule has 4 bridgehead atoms. The van der Waals surface area contributed by atoms with Crippen LogP contribution in [0.1, 0.15) is 39.5 Å². The van der Waals surface area contributed by atoms with Crippen molar-refractivity contribution in [2.24, 2.45) is 11.8 Å². The Morgan fingerprint density at radius 3 is 1.25 bits per heavy atom. The molecule has 0 aromatic carbocycles. The summed E-state index contributed by atoms with van der Waals surface area (Å²) in [6.45, 7) is 9.71. The molecule has 0 radical (unpaired) electrons. The zero-order valence-electron chi connectivity index (χ0n) is 14.9. The van der Waals surface area contributed by atoms with Gasteiger partial charge in [0.2, 0.25) is 0 Å². The third kappa shape index (κ3) is 4.48. The summed E-state index contributed by atoms with van der Waals surface area (Å²) in [5.41, 5.74) is 0. The van der Waals surface area contributed by atoms with Gasteiger partial charge in [0.1, 0.15) is 12.2 Å². The van der Waals surface area contributed by atoms with Gasteiger partial charge >= 0.3 is 11.9 Å². The molecule has 0 aromatic rings. The standard InChI is InChI=1S/2C9H15NO2/c2*1-7(11)12-9-6-10-4-2-8(9)3-5-10/h2*8-9H,2-6H2,1H3/t9-;/m0./s1. The molecule has 0 aromatic heterocycles. The summed E-state index contributed by atoms with van der Waals surface area (Å²) in [6, 6.07) is 0. The van der Waals surface area contributed by atoms with Crippen molar-refractivity contribution >= 4 is 11.9 Å². The summed E-state index contributed by atoms with van der Waals surface area (Å²) in [6.07, 6.45) is 5.20. The number of fused-ring (bicyclic) bond motifs is 6. The summed E-state index contributed by atoms with van der Waals surface area (Å²) < 4.78 is 10.5. The molecule has 24 heavy (non-hydrogen) atoms. The third-order valence-electron chi connectivity index (χ3n) is 5.83. The molecule has 6 heterocycles. The highest BCUT2D eigenvalue weighted by Gasteiger charge is 2.36. The Morgan fingerprint density at radius 2 is 1.04 bits per heavy atom. The molecule has 2 atom stereocenters. The van der Waals surface area contributed by atoms with Crippen molar-refractivity contribution in [2.45, 2.75) is 51.7 Å². The van der Waals surface area contributed by atoms with E-state index in [1.165, 1.54) is 65.7 Å². The fourth-order valence-electron chi connectivity index (χ4n) is 4.52. The molecular weight excluding hydrogens is 308 g/mol. The minimum atomic E-state index is -0.131. The summed E-state index contributed by atoms with van der Waals surface area (Å²) in [5, 5.41) is 0. The second-order valence-corrected chi connectivity index (χ2v) is 7.57. The lowest BCUT2D eigenvalue weighted by Crippen LogP contribution is -2.51. The van der Waals surface area contributed by atoms with E-state index in [0.29, 0.717) is 11.8 Å². The van der Waals surface area contributed by atoms with Crippen LogP contribution in [0, 0.1) is 11.8 Å². The Labute approximate surface area is 144 Å². The van der Waals surface area contributed by atoms with Crippen LogP contribution in [0.3, 0.4) is 0 Å². The van der Waals surface area contributed by atoms with Crippen molar-refractivity contribution in [3.8, 4) is 0 Å². The fourth-order valence-corrected chi connectivity index (χ4v) is 4.52. The molecule has 136 valence electrons. The number of carbonyl (C=O) groups is 2. The lowest BCUT2D eigenvalue weighted by molar-refractivity contribution is -0.156. The molecular formula is C18H30N2O4. The van der Waals surface area contributed by atoms with Crippen LogP contribution in [0.5, 0.6) is 0 Å². The topological polar surface area (TPSA) is 59.1 Å². The third-order valence-corrected chi connectivity index (χ3v) is 5.83. The molecule has 6 fully saturated rings. The van der Waals surface area contributed by atoms with E-state index in [0.717, 1.165) is 13.1 Å². The normalized spacial score (nSPS) is 39.6. The predicted molar refractivity (Wildman–Crippen MR) is 89.4 cm³/mol. The minimum absolute atomic E-state index is 0.131. The summed E-state index contributed by atoms with van der Waals surface area (Å²) in [7, 11) is 0. The molecule has 0 aliphatic carbocycles. The molecule has 6 nitrogen and oxygen atoms in total. The SMILES string of the molecule is CC(=O)OC1CN2CCC1CC2.CC(=O)O[C@H]1CN2CCC1CC2. The van der Waals surface area contributed by atoms with Crippen LogP contribution in [0.15, 0.2) is 0 Å². The average Bonchev–Trinajstić information content (AvgIpc) is 2.56. The molecule has 6 aliphatic rings. The van der Waals surface area contributed by atoms with Gasteiger partial charge in [-0.1, -0.05) is 0 Å². The van der Waals surface area contributed by atoms with Gasteiger partial charge in [-0.2, -0.15) is 0 Å². The quantitative estimate of drug-likeness (QED) is 0.707. The second kappa shape index (κ2) is 7.83. The van der Waals surface area contributed by atoms with Crippen molar-refractivity contribution in [2.75, 3.05) is 39.3 Å². The number of rotatable bonds is 2. The van der Waals surface area contributed by atoms with E-state index in [9.17, 15) is 9.59 Å². The molecule has 0 amide bonds. The smallest absolute Gasteiger partial charge is 0.302 e. The van der Waals surface area contributed by atoms with E-state index in [2.05, 4.69) is 9.80 Å². The highest BCUT2D eigenvalue weighted by Crippen LogP contribution is 2.30. The number of nitrogens with zero attached hydrogens (tertiary/aromatic N) is 2. The number of hydrogen-bond donors (Lipinski definition) is 0. The Hall–Kier alpha value is -1.14. The van der Waals surface area contributed by atoms with Crippen molar-refractivity contribution in [3.05, 3.63) is 0 Å². The zero-order chi connectivity index (χ0) is 17.1. The average molecular weight is 338 g/mol. The van der Waals surface area contributed by atoms with E-state index in [1.54, 1.807) is 0 Å². The Bertz CT molecular complexity index is 412. The van der Waals surface area contributed by atoms with Crippen LogP contribution in [-0.2, 0) is 19.1 Å². The van der Waals surface area contributed by atoms with Gasteiger partial charge in [-0.05, 0) is 63.7 Å². The summed E-state index contributed by atoms with van der Waals surface area (Å²) in [5.74, 6) is 1.01. The lowest BCUT2D eigenvalue weighted by atomic mass is 9.86. The van der Waals surface area contributed by atoms with E-state index in [-0.39, 0.29) is 24.1 Å². The van der Waals surface area contributed by atoms with E-state index >= 15 is 0 Å². The van der Waals surface area contributed by atoms with Crippen LogP contribution in [-0.4, -0.2) is 73.2 Å². The van der Waals surface area contributed by atoms with Crippen molar-refractivity contribution < 1.29 is 19.1 Å². The molecule has 6 rings (SSSR count). The first-order valence-electron chi connectivity index (χ1n) is 9.30. The van der Waals surface area contributed by atoms with Crippen molar-refractivity contribution in [1.82, 2.24) is 9.80 Å². The Balaban J connectivity index is 0.000000141. The van der Waals surface area contributed by atoms with Gasteiger partial charge in [-0.25, -0.2) is 0 Å². The second-order valence-electron chi connectivity index (χ2n) is 7.57. The first kappa shape index (κ1) is 17.7. The van der Waals surface area contributed by atoms with E-state index in [1.807, 2.05) is 0 Å². The highest BCUT2D eigenvalue weighted by molar-refractivity contribution is 5.66. The van der Waals surface area contributed by atoms with Crippen LogP contribution < -0.4 is 0 Å². The van der Waals surface area contributed by atoms with Crippen LogP contribution in [0.2, 0.25) is 0 Å². The maximum absolute atomic E-state index is 10.7. The fraction of sp³-hybridized carbons (Fsp3) is 0.889. The largest absolute Gasteiger partial charge is 0.461 e. The number of piperidine rings is 6. The van der Waals surface area contributed by atoms with Gasteiger partial charge in [-0.15, -0.1) is 0 Å². The molecule has 6 heteroatoms. The van der Waals surface area contributed by atoms with Gasteiger partial charge in [0.25, 0.3) is 0 Å². The maximum atomic E-state index is 10.7. The van der Waals surface area contributed by atoms with Gasteiger partial charge < -0.3 is 9.47 Å². The number of hydrogen-bond acceptors (Lipinski definition) is 6. The van der Waals surface area contributed by atoms with E-state index in [4.69, 9.17) is 9.47 Å². The van der Waals surface area contributed by atoms with Crippen LogP contribution in [0.25, 0.3) is 0 Å². The molecule has 0 N–H and O–H groups in total. The number of carbonyl (C=O) groups excluding carboxylic acids is 2. The summed E-state index contributed by atoms with van der Waals surface area (Å²) in [4.78, 5) is 26.3. The van der Waals surface area contributed by atoms with Gasteiger partial charge in [-0.3, -0.25) is 19.4 Å². The zero-order valence-corrected chi connectivity index (χ0v) is 14.9. The van der Waals surface area contributed by atoms with Crippen LogP contribution in [0.4, 0.5) is 0 Å². The number of ether oxygens (including phenoxy) is 2. The van der Waals surface area contributed by atoms with E-state index < -0.39 is 0 Å². The van der Waals surface area contributed by atoms with Gasteiger partial charge in [0.15, 0.2) is 0 Å². The molecule has 0 spiro atoms. The van der Waals surface area contributed by atoms with Crippen LogP contribution >= 0.6 is 0 Å². The van der Waals surface area contributed by atoms with Crippen molar-refractivity contribution in [3.63, 3.8) is 0 Å². The first-order valence-corrected chi connectivity index (χ1v) is 9.30. The first-order chi connectivity index (χ1) is 11.5. The predicted octanol–water partition coefficient (Wildman–Crippen LogP) is 1.29. The summed E-state index contributed by atoms with van der Waals surface area (Å²) >= 11 is 0. The van der Waals surface area contributed by atoms with Gasteiger partial charge in [0, 0.05) is 26.9 Å². The highest BCUT2D eigenvalue weighted by atomic mass is 16.5. The van der Waals surface area contributed by atoms with Crippen molar-refractivity contribution in [1.29, 1.82) is 0 Å². The maximum Gasteiger partial charge on any atom is 0.302 e. The molecule has 6 aliphatic heterocycles. The lowest BCUT2D eigenvalue weighted by Gasteiger charge is -2.43. The Morgan fingerprint density at radius 1 is 0.708 bits per heavy atom. The van der Waals surface area contributed by atoms with Gasteiger partial charge in [0.05, 0.1) is 0 Å². The monoisotopic (exact) mass is 338 g/mol. The number of esters is 2. The Kier molecular flexibility index (Phi) is 5.76. The molecule has 6 saturated heterocycles.